The van der Waals surface area contributed by atoms with Crippen molar-refractivity contribution in [2.75, 3.05) is 7.11 Å². The molecule has 0 fully saturated rings. The molecular formula is C17H15N3O4. The Bertz CT molecular complexity index is 953. The van der Waals surface area contributed by atoms with Crippen molar-refractivity contribution >= 4 is 0 Å². The van der Waals surface area contributed by atoms with Crippen LogP contribution in [0.4, 0.5) is 0 Å². The minimum atomic E-state index is -0.790. The van der Waals surface area contributed by atoms with E-state index in [0.717, 1.165) is 0 Å². The lowest BCUT2D eigenvalue weighted by atomic mass is 9.83. The van der Waals surface area contributed by atoms with E-state index in [-0.39, 0.29) is 22.8 Å². The van der Waals surface area contributed by atoms with Crippen LogP contribution in [0.1, 0.15) is 22.7 Å². The van der Waals surface area contributed by atoms with Gasteiger partial charge >= 0.3 is 0 Å². The number of para-hydroxylation sites is 1. The zero-order valence-corrected chi connectivity index (χ0v) is 13.1. The van der Waals surface area contributed by atoms with Crippen molar-refractivity contribution in [2.24, 2.45) is 5.73 Å². The Morgan fingerprint density at radius 3 is 2.79 bits per heavy atom. The number of benzene rings is 1. The van der Waals surface area contributed by atoms with E-state index in [0.29, 0.717) is 21.7 Å². The molecule has 1 atom stereocenters. The lowest BCUT2D eigenvalue weighted by Crippen LogP contribution is -2.32. The standard InChI is InChI=1S/C17H15N3O4/c1-9-7-13-15(17(21)20(9)22)14(11(8-18)16(19)24-13)10-5-3-4-6-12(10)23-2/h3-7,14,22H,19H2,1-2H3/t14-/m0/s1. The molecule has 122 valence electrons. The highest BCUT2D eigenvalue weighted by atomic mass is 16.5. The summed E-state index contributed by atoms with van der Waals surface area (Å²) in [5.74, 6) is -0.146. The Kier molecular flexibility index (Phi) is 3.66. The SMILES string of the molecule is COc1ccccc1[C@H]1C(C#N)=C(N)Oc2cc(C)n(O)c(=O)c21. The number of aryl methyl sites for hydroxylation is 1. The summed E-state index contributed by atoms with van der Waals surface area (Å²) in [4.78, 5) is 12.6. The molecule has 0 unspecified atom stereocenters. The summed E-state index contributed by atoms with van der Waals surface area (Å²) in [5.41, 5.74) is 6.33. The molecule has 7 heteroatoms. The summed E-state index contributed by atoms with van der Waals surface area (Å²) in [6.45, 7) is 1.56. The third-order valence-electron chi connectivity index (χ3n) is 4.00. The number of methoxy groups -OCH3 is 1. The fraction of sp³-hybridized carbons (Fsp3) is 0.176. The molecule has 7 nitrogen and oxygen atoms in total. The fourth-order valence-corrected chi connectivity index (χ4v) is 2.85. The predicted octanol–water partition coefficient (Wildman–Crippen LogP) is 1.62. The normalized spacial score (nSPS) is 16.1. The number of ether oxygens (including phenoxy) is 2. The second kappa shape index (κ2) is 5.66. The third-order valence-corrected chi connectivity index (χ3v) is 4.00. The van der Waals surface area contributed by atoms with Gasteiger partial charge in [0, 0.05) is 11.6 Å². The Morgan fingerprint density at radius 1 is 1.42 bits per heavy atom. The van der Waals surface area contributed by atoms with E-state index >= 15 is 0 Å². The summed E-state index contributed by atoms with van der Waals surface area (Å²) in [6.07, 6.45) is 0. The molecule has 0 bridgehead atoms. The van der Waals surface area contributed by atoms with Crippen molar-refractivity contribution in [2.45, 2.75) is 12.8 Å². The number of pyridine rings is 1. The number of aromatic nitrogens is 1. The molecule has 1 aliphatic heterocycles. The summed E-state index contributed by atoms with van der Waals surface area (Å²) < 4.78 is 11.3. The van der Waals surface area contributed by atoms with Gasteiger partial charge in [-0.15, -0.1) is 0 Å². The van der Waals surface area contributed by atoms with Crippen LogP contribution < -0.4 is 20.8 Å². The first-order chi connectivity index (χ1) is 11.5. The van der Waals surface area contributed by atoms with Gasteiger partial charge in [-0.3, -0.25) is 4.79 Å². The van der Waals surface area contributed by atoms with Crippen LogP contribution >= 0.6 is 0 Å². The van der Waals surface area contributed by atoms with E-state index in [9.17, 15) is 15.3 Å². The molecule has 0 radical (unpaired) electrons. The molecule has 0 saturated carbocycles. The van der Waals surface area contributed by atoms with Gasteiger partial charge in [0.25, 0.3) is 5.56 Å². The molecule has 0 spiro atoms. The summed E-state index contributed by atoms with van der Waals surface area (Å²) in [7, 11) is 1.50. The van der Waals surface area contributed by atoms with Gasteiger partial charge in [-0.2, -0.15) is 9.99 Å². The van der Waals surface area contributed by atoms with Crippen molar-refractivity contribution in [3.8, 4) is 17.6 Å². The van der Waals surface area contributed by atoms with Crippen LogP contribution in [0.15, 0.2) is 46.6 Å². The van der Waals surface area contributed by atoms with Gasteiger partial charge in [-0.1, -0.05) is 18.2 Å². The highest BCUT2D eigenvalue weighted by Gasteiger charge is 2.35. The zero-order chi connectivity index (χ0) is 17.4. The van der Waals surface area contributed by atoms with Gasteiger partial charge in [0.2, 0.25) is 5.88 Å². The molecule has 1 aliphatic rings. The molecule has 0 saturated heterocycles. The number of fused-ring (bicyclic) bond motifs is 1. The largest absolute Gasteiger partial charge is 0.496 e. The van der Waals surface area contributed by atoms with Crippen LogP contribution in [0.25, 0.3) is 0 Å². The highest BCUT2D eigenvalue weighted by Crippen LogP contribution is 2.43. The average molecular weight is 325 g/mol. The highest BCUT2D eigenvalue weighted by molar-refractivity contribution is 5.57. The Morgan fingerprint density at radius 2 is 2.12 bits per heavy atom. The van der Waals surface area contributed by atoms with Crippen LogP contribution in [0, 0.1) is 18.3 Å². The second-order valence-corrected chi connectivity index (χ2v) is 5.35. The van der Waals surface area contributed by atoms with Crippen molar-refractivity contribution in [1.82, 2.24) is 4.73 Å². The Balaban J connectivity index is 2.38. The molecule has 1 aromatic heterocycles. The smallest absolute Gasteiger partial charge is 0.291 e. The van der Waals surface area contributed by atoms with Crippen molar-refractivity contribution in [3.05, 3.63) is 69.0 Å². The maximum atomic E-state index is 12.6. The van der Waals surface area contributed by atoms with Crippen LogP contribution in [-0.4, -0.2) is 17.0 Å². The van der Waals surface area contributed by atoms with Gasteiger partial charge in [0.05, 0.1) is 24.3 Å². The van der Waals surface area contributed by atoms with E-state index in [4.69, 9.17) is 15.2 Å². The first kappa shape index (κ1) is 15.5. The molecular weight excluding hydrogens is 310 g/mol. The third kappa shape index (κ3) is 2.16. The van der Waals surface area contributed by atoms with E-state index in [1.165, 1.54) is 13.2 Å². The topological polar surface area (TPSA) is 110 Å². The molecule has 24 heavy (non-hydrogen) atoms. The first-order valence-corrected chi connectivity index (χ1v) is 7.15. The minimum absolute atomic E-state index is 0.0737. The van der Waals surface area contributed by atoms with Crippen LogP contribution in [0.3, 0.4) is 0 Å². The first-order valence-electron chi connectivity index (χ1n) is 7.15. The van der Waals surface area contributed by atoms with Gasteiger partial charge < -0.3 is 20.4 Å². The van der Waals surface area contributed by atoms with Gasteiger partial charge in [0.1, 0.15) is 23.1 Å². The molecule has 3 rings (SSSR count). The number of hydrogen-bond donors (Lipinski definition) is 2. The number of hydrogen-bond acceptors (Lipinski definition) is 6. The van der Waals surface area contributed by atoms with E-state index < -0.39 is 11.5 Å². The monoisotopic (exact) mass is 325 g/mol. The van der Waals surface area contributed by atoms with Crippen molar-refractivity contribution in [3.63, 3.8) is 0 Å². The predicted molar refractivity (Wildman–Crippen MR) is 84.9 cm³/mol. The molecule has 3 N–H and O–H groups in total. The summed E-state index contributed by atoms with van der Waals surface area (Å²) >= 11 is 0. The molecule has 0 amide bonds. The van der Waals surface area contributed by atoms with Crippen LogP contribution in [0.5, 0.6) is 11.5 Å². The van der Waals surface area contributed by atoms with Crippen LogP contribution in [-0.2, 0) is 0 Å². The molecule has 0 aliphatic carbocycles. The van der Waals surface area contributed by atoms with Gasteiger partial charge in [-0.25, -0.2) is 0 Å². The Hall–Kier alpha value is -3.40. The lowest BCUT2D eigenvalue weighted by Gasteiger charge is -2.27. The average Bonchev–Trinajstić information content (AvgIpc) is 2.58. The maximum absolute atomic E-state index is 12.6. The number of allylic oxidation sites excluding steroid dienone is 1. The minimum Gasteiger partial charge on any atom is -0.496 e. The fourth-order valence-electron chi connectivity index (χ4n) is 2.85. The summed E-state index contributed by atoms with van der Waals surface area (Å²) in [5, 5.41) is 19.5. The van der Waals surface area contributed by atoms with Gasteiger partial charge in [0.15, 0.2) is 0 Å². The van der Waals surface area contributed by atoms with E-state index in [2.05, 4.69) is 0 Å². The number of nitrogens with two attached hydrogens (primary N) is 1. The molecule has 2 aromatic rings. The lowest BCUT2D eigenvalue weighted by molar-refractivity contribution is 0.165. The van der Waals surface area contributed by atoms with Crippen LogP contribution in [0.2, 0.25) is 0 Å². The maximum Gasteiger partial charge on any atom is 0.291 e. The number of nitrogens with zero attached hydrogens (tertiary/aromatic N) is 2. The second-order valence-electron chi connectivity index (χ2n) is 5.35. The summed E-state index contributed by atoms with van der Waals surface area (Å²) in [6, 6.07) is 10.5. The van der Waals surface area contributed by atoms with Crippen molar-refractivity contribution < 1.29 is 14.7 Å². The number of rotatable bonds is 2. The Labute approximate surface area is 137 Å². The van der Waals surface area contributed by atoms with E-state index in [1.807, 2.05) is 6.07 Å². The quantitative estimate of drug-likeness (QED) is 0.812. The van der Waals surface area contributed by atoms with Crippen molar-refractivity contribution in [1.29, 1.82) is 5.26 Å². The zero-order valence-electron chi connectivity index (χ0n) is 13.1. The van der Waals surface area contributed by atoms with Gasteiger partial charge in [-0.05, 0) is 13.0 Å². The van der Waals surface area contributed by atoms with E-state index in [1.54, 1.807) is 31.2 Å². The molecule has 1 aromatic carbocycles. The molecule has 2 heterocycles. The number of nitriles is 1.